The zero-order chi connectivity index (χ0) is 11.8. The van der Waals surface area contributed by atoms with E-state index < -0.39 is 0 Å². The molecule has 0 radical (unpaired) electrons. The minimum absolute atomic E-state index is 0.158. The highest BCUT2D eigenvalue weighted by Gasteiger charge is 2.13. The number of aliphatic imine (C=N–C) groups is 2. The Balaban J connectivity index is 2.38. The lowest BCUT2D eigenvalue weighted by Gasteiger charge is -1.97. The maximum atomic E-state index is 8.70. The molecule has 1 heterocycles. The van der Waals surface area contributed by atoms with Gasteiger partial charge in [0.2, 0.25) is 0 Å². The Morgan fingerprint density at radius 1 is 1.19 bits per heavy atom. The summed E-state index contributed by atoms with van der Waals surface area (Å²) in [5.74, 6) is 2.51. The Labute approximate surface area is 95.9 Å². The molecule has 16 heavy (non-hydrogen) atoms. The van der Waals surface area contributed by atoms with Crippen LogP contribution >= 0.6 is 0 Å². The predicted molar refractivity (Wildman–Crippen MR) is 65.7 cm³/mol. The van der Waals surface area contributed by atoms with Gasteiger partial charge in [0.25, 0.3) is 0 Å². The average Bonchev–Trinajstić information content (AvgIpc) is 2.71. The first kappa shape index (κ1) is 12.4. The lowest BCUT2D eigenvalue weighted by molar-refractivity contribution is 0.643. The van der Waals surface area contributed by atoms with E-state index in [9.17, 15) is 0 Å². The third-order valence-corrected chi connectivity index (χ3v) is 2.42. The van der Waals surface area contributed by atoms with Gasteiger partial charge in [0.1, 0.15) is 17.6 Å². The molecular formula is C12H15N4-. The molecule has 4 nitrogen and oxygen atoms in total. The molecular weight excluding hydrogens is 200 g/mol. The molecule has 0 aromatic heterocycles. The van der Waals surface area contributed by atoms with Crippen LogP contribution in [0.3, 0.4) is 0 Å². The van der Waals surface area contributed by atoms with Crippen LogP contribution in [0.15, 0.2) is 15.7 Å². The number of unbranched alkanes of at least 4 members (excludes halogenated alkanes) is 4. The van der Waals surface area contributed by atoms with E-state index in [1.807, 2.05) is 11.9 Å². The second-order valence-corrected chi connectivity index (χ2v) is 3.72. The molecule has 0 saturated carbocycles. The molecule has 0 aromatic rings. The normalized spacial score (nSPS) is 14.1. The second-order valence-electron chi connectivity index (χ2n) is 3.72. The molecule has 0 amide bonds. The smallest absolute Gasteiger partial charge is 0.174 e. The van der Waals surface area contributed by atoms with E-state index in [1.54, 1.807) is 0 Å². The van der Waals surface area contributed by atoms with Gasteiger partial charge in [-0.15, -0.1) is 0 Å². The highest BCUT2D eigenvalue weighted by atomic mass is 15.0. The van der Waals surface area contributed by atoms with Crippen LogP contribution in [0.25, 0.3) is 5.41 Å². The highest BCUT2D eigenvalue weighted by molar-refractivity contribution is 6.24. The number of nitrogens with zero attached hydrogens (tertiary/aromatic N) is 4. The van der Waals surface area contributed by atoms with Crippen molar-refractivity contribution in [3.05, 3.63) is 11.1 Å². The summed E-state index contributed by atoms with van der Waals surface area (Å²) in [6.07, 6.45) is 6.66. The molecule has 1 rings (SSSR count). The van der Waals surface area contributed by atoms with Gasteiger partial charge < -0.3 is 5.41 Å². The minimum Gasteiger partial charge on any atom is -0.761 e. The summed E-state index contributed by atoms with van der Waals surface area (Å²) in [6.45, 7) is 2.18. The number of rotatable bonds is 6. The monoisotopic (exact) mass is 215 g/mol. The number of nitriles is 1. The van der Waals surface area contributed by atoms with Gasteiger partial charge in [0.15, 0.2) is 5.71 Å². The Hall–Kier alpha value is -1.72. The van der Waals surface area contributed by atoms with Crippen LogP contribution in [0.4, 0.5) is 0 Å². The highest BCUT2D eigenvalue weighted by Crippen LogP contribution is 2.13. The molecule has 0 bridgehead atoms. The molecule has 1 aliphatic heterocycles. The molecule has 0 N–H and O–H groups in total. The van der Waals surface area contributed by atoms with E-state index in [2.05, 4.69) is 16.9 Å². The fourth-order valence-electron chi connectivity index (χ4n) is 1.54. The van der Waals surface area contributed by atoms with E-state index in [0.717, 1.165) is 19.3 Å². The number of amidine groups is 1. The van der Waals surface area contributed by atoms with Crippen molar-refractivity contribution in [1.82, 2.24) is 0 Å². The Kier molecular flexibility index (Phi) is 5.18. The second kappa shape index (κ2) is 6.71. The van der Waals surface area contributed by atoms with Gasteiger partial charge in [-0.2, -0.15) is 5.26 Å². The lowest BCUT2D eigenvalue weighted by atomic mass is 10.1. The Morgan fingerprint density at radius 2 is 1.94 bits per heavy atom. The molecule has 1 aliphatic rings. The molecule has 4 heteroatoms. The van der Waals surface area contributed by atoms with Crippen molar-refractivity contribution < 1.29 is 0 Å². The van der Waals surface area contributed by atoms with Crippen LogP contribution in [0.2, 0.25) is 0 Å². The topological polar surface area (TPSA) is 70.8 Å². The predicted octanol–water partition coefficient (Wildman–Crippen LogP) is 2.85. The number of hydrogen-bond donors (Lipinski definition) is 0. The van der Waals surface area contributed by atoms with Crippen LogP contribution in [-0.4, -0.2) is 17.4 Å². The van der Waals surface area contributed by atoms with Crippen LogP contribution in [0.1, 0.15) is 45.4 Å². The SMILES string of the molecule is CCCCCCCC1=NC(=C=[N-])C(C#N)=N1. The van der Waals surface area contributed by atoms with Gasteiger partial charge in [0.05, 0.1) is 0 Å². The van der Waals surface area contributed by atoms with Crippen molar-refractivity contribution in [3.8, 4) is 6.07 Å². The molecule has 0 atom stereocenters. The summed E-state index contributed by atoms with van der Waals surface area (Å²) in [4.78, 5) is 8.05. The summed E-state index contributed by atoms with van der Waals surface area (Å²) < 4.78 is 0. The maximum absolute atomic E-state index is 8.70. The summed E-state index contributed by atoms with van der Waals surface area (Å²) in [6, 6.07) is 1.88. The summed E-state index contributed by atoms with van der Waals surface area (Å²) in [7, 11) is 0. The van der Waals surface area contributed by atoms with Crippen molar-refractivity contribution >= 4 is 17.4 Å². The van der Waals surface area contributed by atoms with Gasteiger partial charge in [-0.3, -0.25) is 0 Å². The maximum Gasteiger partial charge on any atom is 0.174 e. The Bertz CT molecular complexity index is 392. The van der Waals surface area contributed by atoms with Gasteiger partial charge in [0, 0.05) is 6.42 Å². The molecule has 84 valence electrons. The van der Waals surface area contributed by atoms with Gasteiger partial charge in [-0.25, -0.2) is 15.9 Å². The average molecular weight is 215 g/mol. The first-order valence-corrected chi connectivity index (χ1v) is 5.65. The van der Waals surface area contributed by atoms with Crippen molar-refractivity contribution in [3.63, 3.8) is 0 Å². The van der Waals surface area contributed by atoms with Gasteiger partial charge in [-0.1, -0.05) is 32.6 Å². The van der Waals surface area contributed by atoms with Crippen molar-refractivity contribution in [2.24, 2.45) is 9.98 Å². The first-order valence-electron chi connectivity index (χ1n) is 5.65. The summed E-state index contributed by atoms with van der Waals surface area (Å²) >= 11 is 0. The molecule has 0 aromatic carbocycles. The van der Waals surface area contributed by atoms with Crippen LogP contribution < -0.4 is 0 Å². The van der Waals surface area contributed by atoms with Crippen LogP contribution in [-0.2, 0) is 0 Å². The fraction of sp³-hybridized carbons (Fsp3) is 0.583. The number of hydrogen-bond acceptors (Lipinski definition) is 3. The molecule has 0 saturated heterocycles. The largest absolute Gasteiger partial charge is 0.761 e. The summed E-state index contributed by atoms with van der Waals surface area (Å²) in [5, 5.41) is 17.4. The van der Waals surface area contributed by atoms with Crippen LogP contribution in [0.5, 0.6) is 0 Å². The van der Waals surface area contributed by atoms with E-state index in [0.29, 0.717) is 5.84 Å². The lowest BCUT2D eigenvalue weighted by Crippen LogP contribution is -1.93. The van der Waals surface area contributed by atoms with Crippen LogP contribution in [0, 0.1) is 11.3 Å². The van der Waals surface area contributed by atoms with E-state index in [-0.39, 0.29) is 11.4 Å². The zero-order valence-corrected chi connectivity index (χ0v) is 9.53. The van der Waals surface area contributed by atoms with Crippen molar-refractivity contribution in [2.75, 3.05) is 0 Å². The summed E-state index contributed by atoms with van der Waals surface area (Å²) in [5.41, 5.74) is 0.317. The standard InChI is InChI=1S/C12H15N4/c1-2-3-4-5-6-7-12-15-10(8-13)11(9-14)16-12/h2-7H2,1H3/q-1. The minimum atomic E-state index is 0.158. The quantitative estimate of drug-likeness (QED) is 0.496. The molecule has 0 aliphatic carbocycles. The van der Waals surface area contributed by atoms with Crippen molar-refractivity contribution in [1.29, 1.82) is 5.26 Å². The number of allylic oxidation sites excluding steroid dienone is 1. The molecule has 0 unspecified atom stereocenters. The fourth-order valence-corrected chi connectivity index (χ4v) is 1.54. The van der Waals surface area contributed by atoms with Gasteiger partial charge in [-0.05, 0) is 6.42 Å². The third-order valence-electron chi connectivity index (χ3n) is 2.42. The molecule has 0 fully saturated rings. The van der Waals surface area contributed by atoms with Gasteiger partial charge >= 0.3 is 0 Å². The first-order chi connectivity index (χ1) is 7.81. The van der Waals surface area contributed by atoms with E-state index >= 15 is 0 Å². The van der Waals surface area contributed by atoms with E-state index in [4.69, 9.17) is 10.7 Å². The van der Waals surface area contributed by atoms with E-state index in [1.165, 1.54) is 19.3 Å². The third kappa shape index (κ3) is 3.45. The van der Waals surface area contributed by atoms with Crippen molar-refractivity contribution in [2.45, 2.75) is 45.4 Å². The zero-order valence-electron chi connectivity index (χ0n) is 9.53. The Morgan fingerprint density at radius 3 is 2.50 bits per heavy atom. The molecule has 0 spiro atoms.